The first-order valence-corrected chi connectivity index (χ1v) is 9.82. The van der Waals surface area contributed by atoms with Crippen LogP contribution in [0.25, 0.3) is 0 Å². The van der Waals surface area contributed by atoms with Gasteiger partial charge in [-0.1, -0.05) is 56.3 Å². The second-order valence-corrected chi connectivity index (χ2v) is 7.56. The van der Waals surface area contributed by atoms with Crippen LogP contribution in [0.2, 0.25) is 0 Å². The lowest BCUT2D eigenvalue weighted by Crippen LogP contribution is -2.38. The minimum atomic E-state index is -0.779. The van der Waals surface area contributed by atoms with E-state index in [-0.39, 0.29) is 11.6 Å². The smallest absolute Gasteiger partial charge is 0.326 e. The molecular formula is C23H24N2O5. The van der Waals surface area contributed by atoms with Crippen molar-refractivity contribution in [1.29, 1.82) is 0 Å². The quantitative estimate of drug-likeness (QED) is 0.535. The number of benzene rings is 2. The predicted octanol–water partition coefficient (Wildman–Crippen LogP) is 2.66. The lowest BCUT2D eigenvalue weighted by Gasteiger charge is -2.21. The van der Waals surface area contributed by atoms with Crippen molar-refractivity contribution in [2.45, 2.75) is 26.3 Å². The lowest BCUT2D eigenvalue weighted by molar-refractivity contribution is -0.147. The summed E-state index contributed by atoms with van der Waals surface area (Å²) in [6.07, 6.45) is 0.741. The van der Waals surface area contributed by atoms with E-state index in [0.29, 0.717) is 11.6 Å². The van der Waals surface area contributed by atoms with E-state index in [0.717, 1.165) is 16.9 Å². The van der Waals surface area contributed by atoms with Crippen molar-refractivity contribution < 1.29 is 23.9 Å². The Hall–Kier alpha value is -3.48. The van der Waals surface area contributed by atoms with E-state index in [4.69, 9.17) is 4.74 Å². The summed E-state index contributed by atoms with van der Waals surface area (Å²) in [4.78, 5) is 49.7. The van der Waals surface area contributed by atoms with Crippen LogP contribution in [-0.4, -0.2) is 36.7 Å². The average Bonchev–Trinajstić information content (AvgIpc) is 2.97. The molecule has 0 aromatic heterocycles. The Morgan fingerprint density at radius 3 is 2.37 bits per heavy atom. The Kier molecular flexibility index (Phi) is 6.61. The van der Waals surface area contributed by atoms with Crippen molar-refractivity contribution in [3.8, 4) is 0 Å². The number of amides is 2. The largest absolute Gasteiger partial charge is 0.454 e. The van der Waals surface area contributed by atoms with E-state index in [1.807, 2.05) is 30.3 Å². The monoisotopic (exact) mass is 408 g/mol. The Bertz CT molecular complexity index is 955. The van der Waals surface area contributed by atoms with Gasteiger partial charge in [0.25, 0.3) is 17.6 Å². The molecule has 2 aromatic rings. The summed E-state index contributed by atoms with van der Waals surface area (Å²) in [6, 6.07) is 15.8. The van der Waals surface area contributed by atoms with Gasteiger partial charge in [-0.15, -0.1) is 0 Å². The maximum absolute atomic E-state index is 12.3. The fraction of sp³-hybridized carbons (Fsp3) is 0.304. The number of ether oxygens (including phenoxy) is 1. The van der Waals surface area contributed by atoms with E-state index in [2.05, 4.69) is 19.2 Å². The third-order valence-corrected chi connectivity index (χ3v) is 4.77. The number of fused-ring (bicyclic) bond motifs is 1. The highest BCUT2D eigenvalue weighted by Crippen LogP contribution is 2.28. The van der Waals surface area contributed by atoms with Gasteiger partial charge in [0, 0.05) is 0 Å². The molecule has 2 amide bonds. The van der Waals surface area contributed by atoms with Crippen LogP contribution in [0.4, 0.5) is 5.69 Å². The standard InChI is InChI=1S/C23H24N2O5/c1-15(2)12-18(16-8-4-3-5-9-16)24-20(26)14-30-21(27)13-25-19-11-7-6-10-17(19)22(28)23(25)29/h3-11,15,18H,12-14H2,1-2H3,(H,24,26)/t18-/m0/s1. The molecule has 1 heterocycles. The molecule has 3 rings (SSSR count). The fourth-order valence-electron chi connectivity index (χ4n) is 3.40. The highest BCUT2D eigenvalue weighted by atomic mass is 16.5. The third-order valence-electron chi connectivity index (χ3n) is 4.77. The van der Waals surface area contributed by atoms with Crippen LogP contribution in [-0.2, 0) is 19.1 Å². The second kappa shape index (κ2) is 9.35. The number of carbonyl (C=O) groups excluding carboxylic acids is 4. The number of para-hydroxylation sites is 1. The first-order chi connectivity index (χ1) is 14.4. The zero-order valence-electron chi connectivity index (χ0n) is 17.0. The molecule has 156 valence electrons. The zero-order chi connectivity index (χ0) is 21.7. The van der Waals surface area contributed by atoms with Gasteiger partial charge < -0.3 is 10.1 Å². The molecule has 0 spiro atoms. The summed E-state index contributed by atoms with van der Waals surface area (Å²) >= 11 is 0. The van der Waals surface area contributed by atoms with Crippen LogP contribution in [0.15, 0.2) is 54.6 Å². The number of esters is 1. The van der Waals surface area contributed by atoms with Crippen LogP contribution in [0.3, 0.4) is 0 Å². The molecule has 1 atom stereocenters. The molecule has 7 heteroatoms. The Morgan fingerprint density at radius 1 is 1.00 bits per heavy atom. The van der Waals surface area contributed by atoms with Gasteiger partial charge in [-0.25, -0.2) is 0 Å². The number of hydrogen-bond donors (Lipinski definition) is 1. The number of rotatable bonds is 8. The lowest BCUT2D eigenvalue weighted by atomic mass is 9.97. The summed E-state index contributed by atoms with van der Waals surface area (Å²) in [6.45, 7) is 3.24. The third kappa shape index (κ3) is 4.92. The molecule has 1 N–H and O–H groups in total. The molecule has 0 radical (unpaired) electrons. The molecular weight excluding hydrogens is 384 g/mol. The number of anilines is 1. The number of hydrogen-bond acceptors (Lipinski definition) is 5. The number of carbonyl (C=O) groups is 4. The van der Waals surface area contributed by atoms with E-state index < -0.39 is 36.7 Å². The number of nitrogens with one attached hydrogen (secondary N) is 1. The maximum Gasteiger partial charge on any atom is 0.326 e. The van der Waals surface area contributed by atoms with Crippen LogP contribution in [0.5, 0.6) is 0 Å². The van der Waals surface area contributed by atoms with Crippen molar-refractivity contribution in [2.75, 3.05) is 18.1 Å². The van der Waals surface area contributed by atoms with Gasteiger partial charge in [-0.2, -0.15) is 0 Å². The van der Waals surface area contributed by atoms with Crippen molar-refractivity contribution in [2.24, 2.45) is 5.92 Å². The van der Waals surface area contributed by atoms with Gasteiger partial charge in [0.05, 0.1) is 17.3 Å². The molecule has 2 aromatic carbocycles. The van der Waals surface area contributed by atoms with E-state index in [1.165, 1.54) is 6.07 Å². The van der Waals surface area contributed by atoms with Crippen molar-refractivity contribution in [1.82, 2.24) is 5.32 Å². The molecule has 7 nitrogen and oxygen atoms in total. The Balaban J connectivity index is 1.56. The topological polar surface area (TPSA) is 92.8 Å². The van der Waals surface area contributed by atoms with Gasteiger partial charge in [-0.3, -0.25) is 24.1 Å². The summed E-state index contributed by atoms with van der Waals surface area (Å²) in [5.41, 5.74) is 1.60. The van der Waals surface area contributed by atoms with Gasteiger partial charge in [0.2, 0.25) is 0 Å². The van der Waals surface area contributed by atoms with Gasteiger partial charge >= 0.3 is 5.97 Å². The van der Waals surface area contributed by atoms with E-state index in [1.54, 1.807) is 18.2 Å². The van der Waals surface area contributed by atoms with Crippen LogP contribution < -0.4 is 10.2 Å². The molecule has 0 saturated heterocycles. The summed E-state index contributed by atoms with van der Waals surface area (Å²) < 4.78 is 5.05. The molecule has 30 heavy (non-hydrogen) atoms. The van der Waals surface area contributed by atoms with Gasteiger partial charge in [0.1, 0.15) is 6.54 Å². The highest BCUT2D eigenvalue weighted by molar-refractivity contribution is 6.52. The van der Waals surface area contributed by atoms with E-state index >= 15 is 0 Å². The Labute approximate surface area is 175 Å². The maximum atomic E-state index is 12.3. The van der Waals surface area contributed by atoms with Gasteiger partial charge in [0.15, 0.2) is 6.61 Å². The normalized spacial score (nSPS) is 13.9. The van der Waals surface area contributed by atoms with Gasteiger partial charge in [-0.05, 0) is 30.0 Å². The van der Waals surface area contributed by atoms with Crippen LogP contribution >= 0.6 is 0 Å². The predicted molar refractivity (Wildman–Crippen MR) is 111 cm³/mol. The van der Waals surface area contributed by atoms with E-state index in [9.17, 15) is 19.2 Å². The molecule has 0 fully saturated rings. The SMILES string of the molecule is CC(C)C[C@H](NC(=O)COC(=O)CN1C(=O)C(=O)c2ccccc21)c1ccccc1. The Morgan fingerprint density at radius 2 is 1.67 bits per heavy atom. The van der Waals surface area contributed by atoms with Crippen LogP contribution in [0.1, 0.15) is 42.2 Å². The number of nitrogens with zero attached hydrogens (tertiary/aromatic N) is 1. The number of ketones is 1. The molecule has 0 aliphatic carbocycles. The summed E-state index contributed by atoms with van der Waals surface area (Å²) in [5, 5.41) is 2.89. The summed E-state index contributed by atoms with van der Waals surface area (Å²) in [5.74, 6) is -2.27. The zero-order valence-corrected chi connectivity index (χ0v) is 17.0. The second-order valence-electron chi connectivity index (χ2n) is 7.56. The molecule has 0 bridgehead atoms. The minimum Gasteiger partial charge on any atom is -0.454 e. The minimum absolute atomic E-state index is 0.193. The molecule has 0 saturated carbocycles. The highest BCUT2D eigenvalue weighted by Gasteiger charge is 2.36. The fourth-order valence-corrected chi connectivity index (χ4v) is 3.40. The van der Waals surface area contributed by atoms with Crippen molar-refractivity contribution >= 4 is 29.3 Å². The van der Waals surface area contributed by atoms with Crippen LogP contribution in [0, 0.1) is 5.92 Å². The molecule has 0 unspecified atom stereocenters. The molecule has 1 aliphatic heterocycles. The summed E-state index contributed by atoms with van der Waals surface area (Å²) in [7, 11) is 0. The first kappa shape index (κ1) is 21.2. The first-order valence-electron chi connectivity index (χ1n) is 9.82. The average molecular weight is 408 g/mol. The van der Waals surface area contributed by atoms with Crippen molar-refractivity contribution in [3.05, 3.63) is 65.7 Å². The number of Topliss-reactive ketones (excluding diaryl/α,β-unsaturated/α-hetero) is 1. The molecule has 1 aliphatic rings. The van der Waals surface area contributed by atoms with Crippen molar-refractivity contribution in [3.63, 3.8) is 0 Å².